The molecule has 5 aliphatic heterocycles. The van der Waals surface area contributed by atoms with E-state index in [1.165, 1.54) is 6.92 Å². The smallest absolute Gasteiger partial charge is 0.366 e. The predicted octanol–water partition coefficient (Wildman–Crippen LogP) is -0.310. The number of amides is 1. The summed E-state index contributed by atoms with van der Waals surface area (Å²) in [6.45, 7) is 12.3. The fourth-order valence-electron chi connectivity index (χ4n) is 7.55. The van der Waals surface area contributed by atoms with Gasteiger partial charge in [-0.2, -0.15) is 0 Å². The van der Waals surface area contributed by atoms with Crippen LogP contribution in [0.15, 0.2) is 0 Å². The molecule has 19 nitrogen and oxygen atoms in total. The second kappa shape index (κ2) is 16.4. The van der Waals surface area contributed by atoms with Gasteiger partial charge in [0.1, 0.15) is 37.1 Å². The fourth-order valence-corrected chi connectivity index (χ4v) is 7.55. The maximum atomic E-state index is 14.1. The number of carbonyl (C=O) groups excluding carboxylic acids is 5. The average Bonchev–Trinajstić information content (AvgIpc) is 3.57. The Morgan fingerprint density at radius 3 is 2.04 bits per heavy atom. The number of ether oxygens (including phenoxy) is 12. The first-order valence-corrected chi connectivity index (χ1v) is 17.7. The molecule has 11 atom stereocenters. The predicted molar refractivity (Wildman–Crippen MR) is 174 cm³/mol. The van der Waals surface area contributed by atoms with Gasteiger partial charge in [-0.15, -0.1) is 0 Å². The summed E-state index contributed by atoms with van der Waals surface area (Å²) in [6, 6.07) is -1.76. The molecule has 1 N–H and O–H groups in total. The van der Waals surface area contributed by atoms with Crippen molar-refractivity contribution in [2.24, 2.45) is 0 Å². The summed E-state index contributed by atoms with van der Waals surface area (Å²) in [5, 5.41) is 2.89. The molecule has 5 heterocycles. The van der Waals surface area contributed by atoms with Crippen LogP contribution in [-0.4, -0.2) is 160 Å². The Morgan fingerprint density at radius 1 is 0.811 bits per heavy atom. The highest BCUT2D eigenvalue weighted by Crippen LogP contribution is 2.45. The Morgan fingerprint density at radius 2 is 1.43 bits per heavy atom. The minimum atomic E-state index is -2.24. The summed E-state index contributed by atoms with van der Waals surface area (Å²) in [5.41, 5.74) is 0. The van der Waals surface area contributed by atoms with E-state index in [1.807, 2.05) is 4.90 Å². The third-order valence-electron chi connectivity index (χ3n) is 9.45. The lowest BCUT2D eigenvalue weighted by atomic mass is 9.85. The van der Waals surface area contributed by atoms with Gasteiger partial charge >= 0.3 is 23.9 Å². The molecular weight excluding hydrogens is 708 g/mol. The van der Waals surface area contributed by atoms with E-state index in [1.54, 1.807) is 27.7 Å². The molecule has 0 aliphatic carbocycles. The molecule has 0 aromatic heterocycles. The van der Waals surface area contributed by atoms with Crippen LogP contribution in [0.2, 0.25) is 0 Å². The molecule has 5 aliphatic rings. The number of nitrogens with zero attached hydrogens (tertiary/aromatic N) is 1. The number of nitrogens with one attached hydrogen (secondary N) is 1. The first kappa shape index (κ1) is 41.2. The van der Waals surface area contributed by atoms with E-state index in [0.717, 1.165) is 27.9 Å². The van der Waals surface area contributed by atoms with Crippen LogP contribution < -0.4 is 5.32 Å². The fraction of sp³-hybridized carbons (Fsp3) is 0.853. The van der Waals surface area contributed by atoms with E-state index >= 15 is 0 Å². The van der Waals surface area contributed by atoms with Crippen LogP contribution >= 0.6 is 0 Å². The monoisotopic (exact) mass is 760 g/mol. The van der Waals surface area contributed by atoms with Gasteiger partial charge in [-0.1, -0.05) is 0 Å². The number of hydrogen-bond donors (Lipinski definition) is 1. The van der Waals surface area contributed by atoms with Gasteiger partial charge in [0.05, 0.1) is 33.0 Å². The molecule has 5 fully saturated rings. The van der Waals surface area contributed by atoms with Crippen molar-refractivity contribution >= 4 is 29.8 Å². The van der Waals surface area contributed by atoms with Gasteiger partial charge in [0.15, 0.2) is 30.1 Å². The number of fused-ring (bicyclic) bond motifs is 3. The van der Waals surface area contributed by atoms with Crippen LogP contribution in [0.25, 0.3) is 0 Å². The Bertz CT molecular complexity index is 1370. The Kier molecular flexibility index (Phi) is 12.7. The number of methoxy groups -OCH3 is 1. The van der Waals surface area contributed by atoms with E-state index in [4.69, 9.17) is 56.8 Å². The number of morpholine rings is 1. The topological polar surface area (TPSA) is 211 Å². The third-order valence-corrected chi connectivity index (χ3v) is 9.45. The summed E-state index contributed by atoms with van der Waals surface area (Å²) >= 11 is 0. The van der Waals surface area contributed by atoms with E-state index in [0.29, 0.717) is 26.3 Å². The van der Waals surface area contributed by atoms with E-state index in [2.05, 4.69) is 5.32 Å². The highest BCUT2D eigenvalue weighted by Gasteiger charge is 2.63. The summed E-state index contributed by atoms with van der Waals surface area (Å²) in [6.07, 6.45) is -8.40. The van der Waals surface area contributed by atoms with Crippen molar-refractivity contribution in [3.63, 3.8) is 0 Å². The molecule has 19 heteroatoms. The maximum absolute atomic E-state index is 14.1. The molecule has 5 saturated heterocycles. The first-order chi connectivity index (χ1) is 24.8. The first-order valence-electron chi connectivity index (χ1n) is 17.7. The van der Waals surface area contributed by atoms with Gasteiger partial charge in [-0.25, -0.2) is 4.79 Å². The quantitative estimate of drug-likeness (QED) is 0.200. The van der Waals surface area contributed by atoms with Crippen molar-refractivity contribution in [1.29, 1.82) is 0 Å². The second-order valence-electron chi connectivity index (χ2n) is 14.5. The lowest BCUT2D eigenvalue weighted by Crippen LogP contribution is -2.72. The second-order valence-corrected chi connectivity index (χ2v) is 14.5. The molecule has 0 aromatic carbocycles. The number of hydrogen-bond acceptors (Lipinski definition) is 18. The Labute approximate surface area is 307 Å². The summed E-state index contributed by atoms with van der Waals surface area (Å²) in [7, 11) is 1.15. The van der Waals surface area contributed by atoms with Crippen LogP contribution in [0.4, 0.5) is 0 Å². The Balaban J connectivity index is 1.56. The largest absolute Gasteiger partial charge is 0.465 e. The van der Waals surface area contributed by atoms with Crippen molar-refractivity contribution in [3.8, 4) is 0 Å². The van der Waals surface area contributed by atoms with Crippen molar-refractivity contribution < 1.29 is 80.8 Å². The summed E-state index contributed by atoms with van der Waals surface area (Å²) in [4.78, 5) is 65.8. The van der Waals surface area contributed by atoms with Crippen molar-refractivity contribution in [3.05, 3.63) is 0 Å². The molecule has 0 radical (unpaired) electrons. The van der Waals surface area contributed by atoms with Gasteiger partial charge in [0, 0.05) is 53.2 Å². The minimum Gasteiger partial charge on any atom is -0.465 e. The Hall–Kier alpha value is -3.01. The number of esters is 4. The molecule has 0 aromatic rings. The molecule has 0 saturated carbocycles. The van der Waals surface area contributed by atoms with Gasteiger partial charge in [-0.05, 0) is 27.7 Å². The minimum absolute atomic E-state index is 0.196. The number of rotatable bonds is 12. The highest BCUT2D eigenvalue weighted by atomic mass is 16.9. The standard InChI is InChI=1S/C34H52N2O17/c1-17(37)35-24-21(36-10-12-43-13-11-36)14-34(31(41)42-9,52-27(24)25(47-20(4)40)22(46-19(3)39)15-44-18(2)38)45-16-23-26-28(50-32(5,6)49-26)29-30(48-23)53-33(7,8)51-29/h21-30H,10-16H2,1-9H3,(H,35,37)/t21-,22+,23+,24+,25+,26-,27+,28-,29+,30+,34+/m0/s1. The molecule has 53 heavy (non-hydrogen) atoms. The third kappa shape index (κ3) is 9.63. The molecule has 5 rings (SSSR count). The molecule has 300 valence electrons. The molecule has 1 amide bonds. The van der Waals surface area contributed by atoms with Crippen LogP contribution in [0.3, 0.4) is 0 Å². The van der Waals surface area contributed by atoms with Crippen molar-refractivity contribution in [2.45, 2.75) is 140 Å². The van der Waals surface area contributed by atoms with Crippen molar-refractivity contribution in [1.82, 2.24) is 10.2 Å². The van der Waals surface area contributed by atoms with Crippen LogP contribution in [0.1, 0.15) is 61.8 Å². The lowest BCUT2D eigenvalue weighted by Gasteiger charge is -2.52. The van der Waals surface area contributed by atoms with E-state index in [9.17, 15) is 24.0 Å². The van der Waals surface area contributed by atoms with E-state index in [-0.39, 0.29) is 13.0 Å². The normalized spacial score (nSPS) is 35.9. The van der Waals surface area contributed by atoms with Gasteiger partial charge in [0.2, 0.25) is 5.91 Å². The molecular formula is C34H52N2O17. The summed E-state index contributed by atoms with van der Waals surface area (Å²) in [5.74, 6) is -8.00. The highest BCUT2D eigenvalue weighted by molar-refractivity contribution is 5.78. The van der Waals surface area contributed by atoms with Crippen LogP contribution in [0.5, 0.6) is 0 Å². The van der Waals surface area contributed by atoms with Gasteiger partial charge in [0.25, 0.3) is 5.79 Å². The van der Waals surface area contributed by atoms with Gasteiger partial charge in [-0.3, -0.25) is 24.1 Å². The zero-order valence-corrected chi connectivity index (χ0v) is 31.6. The molecule has 0 unspecified atom stereocenters. The van der Waals surface area contributed by atoms with Crippen LogP contribution in [0, 0.1) is 0 Å². The molecule has 0 bridgehead atoms. The number of carbonyl (C=O) groups is 5. The van der Waals surface area contributed by atoms with E-state index < -0.39 is 115 Å². The van der Waals surface area contributed by atoms with Crippen LogP contribution in [-0.2, 0) is 80.8 Å². The maximum Gasteiger partial charge on any atom is 0.366 e. The summed E-state index contributed by atoms with van der Waals surface area (Å²) < 4.78 is 71.5. The van der Waals surface area contributed by atoms with Crippen molar-refractivity contribution in [2.75, 3.05) is 46.6 Å². The SMILES string of the molecule is COC(=O)[C@@]1(OC[C@H]2O[C@@H]3OC(C)(C)O[C@@H]3[C@H]3OC(C)(C)O[C@H]32)C[C@H](N2CCOCC2)[C@@H](NC(C)=O)[C@H]([C@H](OC(C)=O)[C@@H](COC(C)=O)OC(C)=O)O1. The lowest BCUT2D eigenvalue weighted by molar-refractivity contribution is -0.324. The average molecular weight is 761 g/mol. The zero-order chi connectivity index (χ0) is 38.9. The molecule has 0 spiro atoms. The van der Waals surface area contributed by atoms with Gasteiger partial charge < -0.3 is 62.2 Å². The zero-order valence-electron chi connectivity index (χ0n) is 31.6.